The molecule has 3 rings (SSSR count). The van der Waals surface area contributed by atoms with E-state index in [4.69, 9.17) is 9.47 Å². The standard InChI is InChI=1S/C25H37NO3Si/c1-25(2,30(3,4)27)16-15-22-24(29-18-21-13-9-6-10-14-21)23(26-22)19-28-17-20-11-7-5-8-12-20/h5-14,22-24,26-27H,15-19H2,1-4H3/t22-,23-,24+/m1/s1. The van der Waals surface area contributed by atoms with E-state index in [1.54, 1.807) is 0 Å². The van der Waals surface area contributed by atoms with E-state index in [0.717, 1.165) is 12.8 Å². The second-order valence-corrected chi connectivity index (χ2v) is 14.1. The van der Waals surface area contributed by atoms with Crippen LogP contribution in [0.15, 0.2) is 60.7 Å². The minimum absolute atomic E-state index is 0.0203. The predicted octanol–water partition coefficient (Wildman–Crippen LogP) is 4.89. The van der Waals surface area contributed by atoms with Crippen LogP contribution >= 0.6 is 0 Å². The summed E-state index contributed by atoms with van der Waals surface area (Å²) in [5.74, 6) is 0. The maximum Gasteiger partial charge on any atom is 0.188 e. The van der Waals surface area contributed by atoms with Gasteiger partial charge < -0.3 is 19.6 Å². The summed E-state index contributed by atoms with van der Waals surface area (Å²) in [5.41, 5.74) is 2.38. The lowest BCUT2D eigenvalue weighted by Crippen LogP contribution is -2.68. The maximum atomic E-state index is 10.6. The lowest BCUT2D eigenvalue weighted by molar-refractivity contribution is -0.0918. The molecule has 0 amide bonds. The van der Waals surface area contributed by atoms with Crippen LogP contribution in [0.5, 0.6) is 0 Å². The molecule has 0 aromatic heterocycles. The van der Waals surface area contributed by atoms with Crippen LogP contribution in [0.1, 0.15) is 37.8 Å². The van der Waals surface area contributed by atoms with Gasteiger partial charge in [0.2, 0.25) is 0 Å². The molecule has 1 aliphatic rings. The van der Waals surface area contributed by atoms with Gasteiger partial charge in [-0.15, -0.1) is 0 Å². The number of hydrogen-bond acceptors (Lipinski definition) is 4. The van der Waals surface area contributed by atoms with Gasteiger partial charge in [0.1, 0.15) is 0 Å². The van der Waals surface area contributed by atoms with E-state index in [1.165, 1.54) is 11.1 Å². The molecule has 2 aromatic rings. The molecule has 1 fully saturated rings. The Morgan fingerprint density at radius 1 is 0.900 bits per heavy atom. The van der Waals surface area contributed by atoms with Crippen molar-refractivity contribution >= 4 is 8.32 Å². The van der Waals surface area contributed by atoms with Gasteiger partial charge in [-0.1, -0.05) is 74.5 Å². The maximum absolute atomic E-state index is 10.6. The number of hydrogen-bond donors (Lipinski definition) is 2. The van der Waals surface area contributed by atoms with Gasteiger partial charge in [-0.3, -0.25) is 0 Å². The Bertz CT molecular complexity index is 761. The summed E-state index contributed by atoms with van der Waals surface area (Å²) in [5, 5.41) is 3.64. The summed E-state index contributed by atoms with van der Waals surface area (Å²) in [6.07, 6.45) is 2.11. The van der Waals surface area contributed by atoms with E-state index in [-0.39, 0.29) is 17.2 Å². The lowest BCUT2D eigenvalue weighted by Gasteiger charge is -2.47. The van der Waals surface area contributed by atoms with Gasteiger partial charge in [-0.25, -0.2) is 0 Å². The minimum Gasteiger partial charge on any atom is -0.432 e. The van der Waals surface area contributed by atoms with Crippen molar-refractivity contribution in [3.8, 4) is 0 Å². The lowest BCUT2D eigenvalue weighted by atomic mass is 9.87. The van der Waals surface area contributed by atoms with Crippen LogP contribution in [-0.2, 0) is 22.7 Å². The van der Waals surface area contributed by atoms with Crippen molar-refractivity contribution in [1.29, 1.82) is 0 Å². The smallest absolute Gasteiger partial charge is 0.188 e. The molecule has 1 saturated heterocycles. The zero-order valence-electron chi connectivity index (χ0n) is 18.8. The fourth-order valence-corrected chi connectivity index (χ4v) is 4.47. The zero-order chi connectivity index (χ0) is 21.6. The Kier molecular flexibility index (Phi) is 7.88. The first-order chi connectivity index (χ1) is 14.3. The molecule has 0 saturated carbocycles. The molecule has 2 aromatic carbocycles. The Morgan fingerprint density at radius 2 is 1.47 bits per heavy atom. The van der Waals surface area contributed by atoms with Gasteiger partial charge in [0.25, 0.3) is 0 Å². The van der Waals surface area contributed by atoms with E-state index in [1.807, 2.05) is 49.5 Å². The molecule has 4 nitrogen and oxygen atoms in total. The van der Waals surface area contributed by atoms with E-state index in [0.29, 0.717) is 25.9 Å². The van der Waals surface area contributed by atoms with Crippen molar-refractivity contribution in [2.45, 2.75) is 76.2 Å². The van der Waals surface area contributed by atoms with E-state index in [2.05, 4.69) is 43.4 Å². The fraction of sp³-hybridized carbons (Fsp3) is 0.520. The topological polar surface area (TPSA) is 50.7 Å². The Labute approximate surface area is 182 Å². The first-order valence-corrected chi connectivity index (χ1v) is 14.0. The van der Waals surface area contributed by atoms with Crippen molar-refractivity contribution in [1.82, 2.24) is 5.32 Å². The molecule has 164 valence electrons. The molecule has 30 heavy (non-hydrogen) atoms. The Morgan fingerprint density at radius 3 is 2.03 bits per heavy atom. The van der Waals surface area contributed by atoms with Crippen LogP contribution < -0.4 is 5.32 Å². The van der Waals surface area contributed by atoms with Crippen LogP contribution in [0, 0.1) is 0 Å². The molecule has 0 unspecified atom stereocenters. The predicted molar refractivity (Wildman–Crippen MR) is 125 cm³/mol. The molecule has 0 radical (unpaired) electrons. The van der Waals surface area contributed by atoms with Gasteiger partial charge >= 0.3 is 0 Å². The number of ether oxygens (including phenoxy) is 2. The zero-order valence-corrected chi connectivity index (χ0v) is 19.8. The van der Waals surface area contributed by atoms with Crippen molar-refractivity contribution in [2.75, 3.05) is 6.61 Å². The summed E-state index contributed by atoms with van der Waals surface area (Å²) in [4.78, 5) is 10.6. The quantitative estimate of drug-likeness (QED) is 0.502. The van der Waals surface area contributed by atoms with Crippen molar-refractivity contribution in [3.63, 3.8) is 0 Å². The molecule has 0 bridgehead atoms. The van der Waals surface area contributed by atoms with Crippen LogP contribution in [0.3, 0.4) is 0 Å². The van der Waals surface area contributed by atoms with Gasteiger partial charge in [0.15, 0.2) is 8.32 Å². The highest BCUT2D eigenvalue weighted by atomic mass is 28.4. The van der Waals surface area contributed by atoms with Gasteiger partial charge in [0, 0.05) is 6.04 Å². The molecule has 0 aliphatic carbocycles. The van der Waals surface area contributed by atoms with Crippen molar-refractivity contribution in [3.05, 3.63) is 71.8 Å². The summed E-state index contributed by atoms with van der Waals surface area (Å²) < 4.78 is 12.3. The molecule has 0 spiro atoms. The monoisotopic (exact) mass is 427 g/mol. The highest BCUT2D eigenvalue weighted by Gasteiger charge is 2.44. The summed E-state index contributed by atoms with van der Waals surface area (Å²) in [6.45, 7) is 10.3. The Balaban J connectivity index is 1.54. The van der Waals surface area contributed by atoms with Crippen molar-refractivity contribution in [2.24, 2.45) is 0 Å². The van der Waals surface area contributed by atoms with Crippen LogP contribution in [0.2, 0.25) is 18.1 Å². The molecule has 2 N–H and O–H groups in total. The normalized spacial score (nSPS) is 22.0. The molecule has 1 aliphatic heterocycles. The van der Waals surface area contributed by atoms with Gasteiger partial charge in [-0.2, -0.15) is 0 Å². The summed E-state index contributed by atoms with van der Waals surface area (Å²) >= 11 is 0. The number of benzene rings is 2. The summed E-state index contributed by atoms with van der Waals surface area (Å²) in [7, 11) is -2.20. The second-order valence-electron chi connectivity index (χ2n) is 9.62. The average molecular weight is 428 g/mol. The summed E-state index contributed by atoms with van der Waals surface area (Å²) in [6, 6.07) is 21.1. The average Bonchev–Trinajstić information content (AvgIpc) is 2.70. The third-order valence-electron chi connectivity index (χ3n) is 6.65. The molecule has 3 atom stereocenters. The fourth-order valence-electron chi connectivity index (χ4n) is 3.72. The van der Waals surface area contributed by atoms with Gasteiger partial charge in [-0.05, 0) is 42.1 Å². The van der Waals surface area contributed by atoms with Crippen molar-refractivity contribution < 1.29 is 14.3 Å². The first kappa shape index (κ1) is 23.2. The Hall–Kier alpha value is -1.50. The van der Waals surface area contributed by atoms with Crippen LogP contribution in [0.4, 0.5) is 0 Å². The van der Waals surface area contributed by atoms with Crippen LogP contribution in [-0.4, -0.2) is 37.9 Å². The molecule has 5 heteroatoms. The highest BCUT2D eigenvalue weighted by Crippen LogP contribution is 2.41. The van der Waals surface area contributed by atoms with Gasteiger partial charge in [0.05, 0.1) is 32.0 Å². The number of nitrogens with one attached hydrogen (secondary N) is 1. The highest BCUT2D eigenvalue weighted by molar-refractivity contribution is 6.72. The third kappa shape index (κ3) is 6.25. The molecule has 1 heterocycles. The van der Waals surface area contributed by atoms with E-state index in [9.17, 15) is 4.80 Å². The molecular formula is C25H37NO3Si. The largest absolute Gasteiger partial charge is 0.432 e. The minimum atomic E-state index is -2.20. The SMILES string of the molecule is CC(C)(CC[C@H]1N[C@H](COCc2ccccc2)[C@H]1OCc1ccccc1)[Si](C)(C)O. The third-order valence-corrected chi connectivity index (χ3v) is 10.2. The number of rotatable bonds is 11. The second kappa shape index (κ2) is 10.2. The van der Waals surface area contributed by atoms with E-state index < -0.39 is 8.32 Å². The first-order valence-electron chi connectivity index (χ1n) is 11.0. The molecular weight excluding hydrogens is 390 g/mol. The van der Waals surface area contributed by atoms with E-state index >= 15 is 0 Å². The van der Waals surface area contributed by atoms with Crippen LogP contribution in [0.25, 0.3) is 0 Å².